The standard InChI is InChI=1S/C17H19NO2S/c19-17(20)15(12-5-2-1-3-6-12)11-18-10-14-9-13-7-4-8-16(13)21-14/h1-3,5-6,9,15,18H,4,7-8,10-11H2,(H,19,20). The Bertz CT molecular complexity index is 599. The Morgan fingerprint density at radius 2 is 2.10 bits per heavy atom. The fourth-order valence-electron chi connectivity index (χ4n) is 2.85. The number of hydrogen-bond acceptors (Lipinski definition) is 3. The predicted octanol–water partition coefficient (Wildman–Crippen LogP) is 3.19. The predicted molar refractivity (Wildman–Crippen MR) is 84.9 cm³/mol. The SMILES string of the molecule is O=C(O)C(CNCc1cc2c(s1)CCC2)c1ccccc1. The number of aliphatic carboxylic acids is 1. The van der Waals surface area contributed by atoms with Gasteiger partial charge in [0.05, 0.1) is 5.92 Å². The minimum Gasteiger partial charge on any atom is -0.481 e. The van der Waals surface area contributed by atoms with Crippen molar-refractivity contribution < 1.29 is 9.90 Å². The second kappa shape index (κ2) is 6.41. The first kappa shape index (κ1) is 14.3. The van der Waals surface area contributed by atoms with Crippen molar-refractivity contribution in [3.8, 4) is 0 Å². The highest BCUT2D eigenvalue weighted by molar-refractivity contribution is 7.12. The van der Waals surface area contributed by atoms with Crippen molar-refractivity contribution in [1.29, 1.82) is 0 Å². The lowest BCUT2D eigenvalue weighted by atomic mass is 9.99. The van der Waals surface area contributed by atoms with Crippen molar-refractivity contribution >= 4 is 17.3 Å². The third-order valence-electron chi connectivity index (χ3n) is 3.95. The van der Waals surface area contributed by atoms with Gasteiger partial charge in [0.25, 0.3) is 0 Å². The Kier molecular flexibility index (Phi) is 4.36. The zero-order valence-corrected chi connectivity index (χ0v) is 12.7. The highest BCUT2D eigenvalue weighted by atomic mass is 32.1. The largest absolute Gasteiger partial charge is 0.481 e. The zero-order valence-electron chi connectivity index (χ0n) is 11.8. The summed E-state index contributed by atoms with van der Waals surface area (Å²) in [5.41, 5.74) is 2.35. The van der Waals surface area contributed by atoms with E-state index in [1.54, 1.807) is 0 Å². The first-order valence-electron chi connectivity index (χ1n) is 7.33. The minimum absolute atomic E-state index is 0.460. The van der Waals surface area contributed by atoms with E-state index in [9.17, 15) is 9.90 Å². The van der Waals surface area contributed by atoms with Gasteiger partial charge in [-0.05, 0) is 36.5 Å². The molecule has 1 heterocycles. The van der Waals surface area contributed by atoms with Crippen LogP contribution in [0.5, 0.6) is 0 Å². The molecule has 1 aromatic carbocycles. The van der Waals surface area contributed by atoms with Gasteiger partial charge in [-0.25, -0.2) is 0 Å². The molecule has 0 amide bonds. The van der Waals surface area contributed by atoms with Gasteiger partial charge in [-0.2, -0.15) is 0 Å². The summed E-state index contributed by atoms with van der Waals surface area (Å²) in [6.45, 7) is 1.22. The van der Waals surface area contributed by atoms with Crippen LogP contribution in [0, 0.1) is 0 Å². The summed E-state index contributed by atoms with van der Waals surface area (Å²) in [4.78, 5) is 14.3. The Hall–Kier alpha value is -1.65. The third-order valence-corrected chi connectivity index (χ3v) is 5.18. The van der Waals surface area contributed by atoms with Crippen molar-refractivity contribution in [2.45, 2.75) is 31.7 Å². The van der Waals surface area contributed by atoms with Crippen LogP contribution >= 0.6 is 11.3 Å². The van der Waals surface area contributed by atoms with Gasteiger partial charge in [-0.1, -0.05) is 30.3 Å². The number of carbonyl (C=O) groups is 1. The number of fused-ring (bicyclic) bond motifs is 1. The third kappa shape index (κ3) is 3.34. The maximum Gasteiger partial charge on any atom is 0.312 e. The average Bonchev–Trinajstić information content (AvgIpc) is 3.05. The van der Waals surface area contributed by atoms with E-state index >= 15 is 0 Å². The van der Waals surface area contributed by atoms with Gasteiger partial charge in [-0.15, -0.1) is 11.3 Å². The molecule has 21 heavy (non-hydrogen) atoms. The lowest BCUT2D eigenvalue weighted by Gasteiger charge is -2.13. The molecule has 1 aliphatic carbocycles. The highest BCUT2D eigenvalue weighted by Crippen LogP contribution is 2.30. The molecule has 0 aliphatic heterocycles. The van der Waals surface area contributed by atoms with Crippen molar-refractivity contribution in [3.05, 3.63) is 57.3 Å². The molecule has 1 unspecified atom stereocenters. The van der Waals surface area contributed by atoms with E-state index < -0.39 is 11.9 Å². The van der Waals surface area contributed by atoms with Crippen LogP contribution in [0.25, 0.3) is 0 Å². The highest BCUT2D eigenvalue weighted by Gasteiger charge is 2.19. The van der Waals surface area contributed by atoms with E-state index in [2.05, 4.69) is 11.4 Å². The number of carboxylic acid groups (broad SMARTS) is 1. The number of thiophene rings is 1. The molecule has 1 aliphatic rings. The van der Waals surface area contributed by atoms with E-state index in [0.29, 0.717) is 6.54 Å². The Morgan fingerprint density at radius 1 is 1.29 bits per heavy atom. The average molecular weight is 301 g/mol. The number of rotatable bonds is 6. The summed E-state index contributed by atoms with van der Waals surface area (Å²) in [6.07, 6.45) is 3.69. The van der Waals surface area contributed by atoms with E-state index in [4.69, 9.17) is 0 Å². The van der Waals surface area contributed by atoms with E-state index in [1.165, 1.54) is 34.6 Å². The summed E-state index contributed by atoms with van der Waals surface area (Å²) in [5.74, 6) is -1.26. The molecular weight excluding hydrogens is 282 g/mol. The van der Waals surface area contributed by atoms with Crippen LogP contribution in [0.15, 0.2) is 36.4 Å². The zero-order chi connectivity index (χ0) is 14.7. The summed E-state index contributed by atoms with van der Waals surface area (Å²) in [5, 5.41) is 12.7. The van der Waals surface area contributed by atoms with Gasteiger partial charge in [0.15, 0.2) is 0 Å². The molecule has 0 bridgehead atoms. The van der Waals surface area contributed by atoms with Gasteiger partial charge in [0.1, 0.15) is 0 Å². The number of hydrogen-bond donors (Lipinski definition) is 2. The molecule has 3 rings (SSSR count). The molecule has 0 spiro atoms. The first-order chi connectivity index (χ1) is 10.2. The molecule has 0 saturated heterocycles. The quantitative estimate of drug-likeness (QED) is 0.861. The molecule has 2 aromatic rings. The lowest BCUT2D eigenvalue weighted by Crippen LogP contribution is -2.26. The van der Waals surface area contributed by atoms with Crippen LogP contribution in [-0.4, -0.2) is 17.6 Å². The van der Waals surface area contributed by atoms with Crippen LogP contribution in [0.1, 0.15) is 33.2 Å². The number of aryl methyl sites for hydroxylation is 2. The van der Waals surface area contributed by atoms with Crippen LogP contribution in [0.4, 0.5) is 0 Å². The fraction of sp³-hybridized carbons (Fsp3) is 0.353. The first-order valence-corrected chi connectivity index (χ1v) is 8.14. The maximum atomic E-state index is 11.4. The summed E-state index contributed by atoms with van der Waals surface area (Å²) >= 11 is 1.87. The maximum absolute atomic E-state index is 11.4. The van der Waals surface area contributed by atoms with Crippen LogP contribution in [-0.2, 0) is 24.2 Å². The number of benzene rings is 1. The summed E-state index contributed by atoms with van der Waals surface area (Å²) < 4.78 is 0. The van der Waals surface area contributed by atoms with Gasteiger partial charge in [-0.3, -0.25) is 4.79 Å². The molecule has 0 saturated carbocycles. The molecule has 4 heteroatoms. The molecule has 2 N–H and O–H groups in total. The Labute approximate surface area is 128 Å². The van der Waals surface area contributed by atoms with Gasteiger partial charge < -0.3 is 10.4 Å². The minimum atomic E-state index is -0.776. The van der Waals surface area contributed by atoms with Gasteiger partial charge >= 0.3 is 5.97 Å². The van der Waals surface area contributed by atoms with Crippen molar-refractivity contribution in [1.82, 2.24) is 5.32 Å². The van der Waals surface area contributed by atoms with E-state index in [-0.39, 0.29) is 0 Å². The van der Waals surface area contributed by atoms with Crippen molar-refractivity contribution in [2.24, 2.45) is 0 Å². The van der Waals surface area contributed by atoms with Gasteiger partial charge in [0.2, 0.25) is 0 Å². The lowest BCUT2D eigenvalue weighted by molar-refractivity contribution is -0.138. The molecule has 0 fully saturated rings. The smallest absolute Gasteiger partial charge is 0.312 e. The van der Waals surface area contributed by atoms with Crippen LogP contribution < -0.4 is 5.32 Å². The molecule has 3 nitrogen and oxygen atoms in total. The monoisotopic (exact) mass is 301 g/mol. The summed E-state index contributed by atoms with van der Waals surface area (Å²) in [6, 6.07) is 11.7. The molecule has 1 atom stereocenters. The Morgan fingerprint density at radius 3 is 2.81 bits per heavy atom. The van der Waals surface area contributed by atoms with Crippen LogP contribution in [0.2, 0.25) is 0 Å². The normalized spacial score (nSPS) is 14.9. The van der Waals surface area contributed by atoms with Crippen LogP contribution in [0.3, 0.4) is 0 Å². The second-order valence-corrected chi connectivity index (χ2v) is 6.67. The van der Waals surface area contributed by atoms with Gasteiger partial charge in [0, 0.05) is 22.8 Å². The molecule has 110 valence electrons. The van der Waals surface area contributed by atoms with Crippen molar-refractivity contribution in [3.63, 3.8) is 0 Å². The van der Waals surface area contributed by atoms with Crippen molar-refractivity contribution in [2.75, 3.05) is 6.54 Å². The van der Waals surface area contributed by atoms with E-state index in [1.807, 2.05) is 41.7 Å². The summed E-state index contributed by atoms with van der Waals surface area (Å²) in [7, 11) is 0. The molecule has 0 radical (unpaired) electrons. The van der Waals surface area contributed by atoms with E-state index in [0.717, 1.165) is 12.1 Å². The topological polar surface area (TPSA) is 49.3 Å². The second-order valence-electron chi connectivity index (χ2n) is 5.45. The molecule has 1 aromatic heterocycles. The number of carboxylic acids is 1. The Balaban J connectivity index is 1.58. The molecular formula is C17H19NO2S. The fourth-order valence-corrected chi connectivity index (χ4v) is 4.08. The number of nitrogens with one attached hydrogen (secondary N) is 1.